The Kier molecular flexibility index (Phi) is 2.89. The van der Waals surface area contributed by atoms with E-state index in [-0.39, 0.29) is 12.5 Å². The summed E-state index contributed by atoms with van der Waals surface area (Å²) >= 11 is 0. The number of benzene rings is 1. The average Bonchev–Trinajstić information content (AvgIpc) is 3.04. The summed E-state index contributed by atoms with van der Waals surface area (Å²) in [5.74, 6) is 0.922. The Labute approximate surface area is 125 Å². The Morgan fingerprint density at radius 1 is 1.23 bits per heavy atom. The third kappa shape index (κ3) is 2.12. The molecule has 1 aromatic carbocycles. The molecular formula is C15H12N4O3. The predicted octanol–water partition coefficient (Wildman–Crippen LogP) is 1.51. The van der Waals surface area contributed by atoms with Crippen LogP contribution in [0.5, 0.6) is 11.5 Å². The van der Waals surface area contributed by atoms with Crippen LogP contribution in [0.25, 0.3) is 5.65 Å². The number of carbonyl (C=O) groups excluding carboxylic acids is 1. The summed E-state index contributed by atoms with van der Waals surface area (Å²) in [7, 11) is 0. The second-order valence-corrected chi connectivity index (χ2v) is 4.84. The predicted molar refractivity (Wildman–Crippen MR) is 78.0 cm³/mol. The molecule has 4 rings (SSSR count). The quantitative estimate of drug-likeness (QED) is 0.775. The van der Waals surface area contributed by atoms with Crippen LogP contribution in [0.3, 0.4) is 0 Å². The van der Waals surface area contributed by atoms with Gasteiger partial charge in [-0.3, -0.25) is 9.20 Å². The van der Waals surface area contributed by atoms with Gasteiger partial charge in [-0.25, -0.2) is 0 Å². The van der Waals surface area contributed by atoms with Gasteiger partial charge in [-0.1, -0.05) is 12.1 Å². The first-order chi connectivity index (χ1) is 10.8. The van der Waals surface area contributed by atoms with Gasteiger partial charge >= 0.3 is 0 Å². The maximum absolute atomic E-state index is 12.4. The summed E-state index contributed by atoms with van der Waals surface area (Å²) in [4.78, 5) is 12.4. The average molecular weight is 296 g/mol. The van der Waals surface area contributed by atoms with Crippen molar-refractivity contribution in [2.45, 2.75) is 6.10 Å². The fourth-order valence-corrected chi connectivity index (χ4v) is 2.31. The lowest BCUT2D eigenvalue weighted by Gasteiger charge is -2.25. The summed E-state index contributed by atoms with van der Waals surface area (Å²) in [5.41, 5.74) is 1.15. The van der Waals surface area contributed by atoms with Crippen molar-refractivity contribution >= 4 is 17.2 Å². The Morgan fingerprint density at radius 2 is 2.09 bits per heavy atom. The number of hydrogen-bond donors (Lipinski definition) is 1. The lowest BCUT2D eigenvalue weighted by atomic mass is 10.2. The van der Waals surface area contributed by atoms with Crippen molar-refractivity contribution in [1.29, 1.82) is 0 Å². The summed E-state index contributed by atoms with van der Waals surface area (Å²) in [6.45, 7) is 0.165. The van der Waals surface area contributed by atoms with Crippen LogP contribution in [-0.4, -0.2) is 33.2 Å². The molecule has 2 aromatic heterocycles. The van der Waals surface area contributed by atoms with Crippen LogP contribution in [-0.2, 0) is 4.79 Å². The van der Waals surface area contributed by atoms with Gasteiger partial charge in [0.2, 0.25) is 6.10 Å². The van der Waals surface area contributed by atoms with Gasteiger partial charge in [0.1, 0.15) is 12.9 Å². The smallest absolute Gasteiger partial charge is 0.269 e. The fraction of sp³-hybridized carbons (Fsp3) is 0.133. The third-order valence-electron chi connectivity index (χ3n) is 3.38. The molecule has 22 heavy (non-hydrogen) atoms. The summed E-state index contributed by atoms with van der Waals surface area (Å²) in [6.07, 6.45) is 2.67. The zero-order chi connectivity index (χ0) is 14.9. The van der Waals surface area contributed by atoms with E-state index in [2.05, 4.69) is 15.5 Å². The second kappa shape index (κ2) is 5.03. The number of anilines is 1. The number of fused-ring (bicyclic) bond motifs is 2. The van der Waals surface area contributed by atoms with Crippen molar-refractivity contribution < 1.29 is 14.3 Å². The molecule has 0 saturated carbocycles. The lowest BCUT2D eigenvalue weighted by Crippen LogP contribution is -2.40. The highest BCUT2D eigenvalue weighted by molar-refractivity contribution is 5.97. The van der Waals surface area contributed by atoms with Gasteiger partial charge in [-0.15, -0.1) is 10.2 Å². The molecule has 1 unspecified atom stereocenters. The SMILES string of the molecule is O=C(Nc1cccn2cnnc12)C1COc2ccccc2O1. The van der Waals surface area contributed by atoms with E-state index in [0.717, 1.165) is 0 Å². The van der Waals surface area contributed by atoms with Gasteiger partial charge in [-0.2, -0.15) is 0 Å². The normalized spacial score (nSPS) is 16.5. The summed E-state index contributed by atoms with van der Waals surface area (Å²) in [5, 5.41) is 10.6. The number of ether oxygens (including phenoxy) is 2. The number of rotatable bonds is 2. The van der Waals surface area contributed by atoms with Crippen LogP contribution in [0, 0.1) is 0 Å². The Morgan fingerprint density at radius 3 is 3.00 bits per heavy atom. The molecule has 0 fully saturated rings. The number of carbonyl (C=O) groups is 1. The Balaban J connectivity index is 1.55. The van der Waals surface area contributed by atoms with Gasteiger partial charge in [0.05, 0.1) is 5.69 Å². The van der Waals surface area contributed by atoms with E-state index in [4.69, 9.17) is 9.47 Å². The molecule has 110 valence electrons. The van der Waals surface area contributed by atoms with E-state index >= 15 is 0 Å². The van der Waals surface area contributed by atoms with Gasteiger partial charge in [0.25, 0.3) is 5.91 Å². The molecule has 1 N–H and O–H groups in total. The molecule has 0 aliphatic carbocycles. The number of amides is 1. The van der Waals surface area contributed by atoms with Crippen molar-refractivity contribution in [3.8, 4) is 11.5 Å². The largest absolute Gasteiger partial charge is 0.485 e. The number of para-hydroxylation sites is 2. The molecule has 1 amide bonds. The van der Waals surface area contributed by atoms with E-state index < -0.39 is 6.10 Å². The highest BCUT2D eigenvalue weighted by Crippen LogP contribution is 2.31. The van der Waals surface area contributed by atoms with Gasteiger partial charge in [0, 0.05) is 6.20 Å². The maximum Gasteiger partial charge on any atom is 0.269 e. The first kappa shape index (κ1) is 12.6. The number of hydrogen-bond acceptors (Lipinski definition) is 5. The van der Waals surface area contributed by atoms with Crippen molar-refractivity contribution in [2.75, 3.05) is 11.9 Å². The molecule has 3 heterocycles. The van der Waals surface area contributed by atoms with Crippen LogP contribution >= 0.6 is 0 Å². The molecule has 7 nitrogen and oxygen atoms in total. The zero-order valence-electron chi connectivity index (χ0n) is 11.5. The fourth-order valence-electron chi connectivity index (χ4n) is 2.31. The molecule has 1 aliphatic rings. The van der Waals surface area contributed by atoms with Gasteiger partial charge in [0.15, 0.2) is 17.1 Å². The van der Waals surface area contributed by atoms with E-state index in [1.807, 2.05) is 12.1 Å². The third-order valence-corrected chi connectivity index (χ3v) is 3.38. The van der Waals surface area contributed by atoms with Crippen LogP contribution in [0.1, 0.15) is 0 Å². The molecule has 1 atom stereocenters. The molecule has 0 bridgehead atoms. The number of nitrogens with zero attached hydrogens (tertiary/aromatic N) is 3. The van der Waals surface area contributed by atoms with E-state index in [9.17, 15) is 4.79 Å². The summed E-state index contributed by atoms with van der Waals surface area (Å²) < 4.78 is 13.0. The minimum atomic E-state index is -0.710. The van der Waals surface area contributed by atoms with Crippen molar-refractivity contribution in [2.24, 2.45) is 0 Å². The second-order valence-electron chi connectivity index (χ2n) is 4.84. The van der Waals surface area contributed by atoms with E-state index in [1.165, 1.54) is 0 Å². The number of aromatic nitrogens is 3. The van der Waals surface area contributed by atoms with Crippen LogP contribution in [0.15, 0.2) is 48.9 Å². The molecule has 0 radical (unpaired) electrons. The summed E-state index contributed by atoms with van der Waals surface area (Å²) in [6, 6.07) is 10.8. The molecular weight excluding hydrogens is 284 g/mol. The van der Waals surface area contributed by atoms with E-state index in [0.29, 0.717) is 22.8 Å². The molecule has 3 aromatic rings. The number of nitrogens with one attached hydrogen (secondary N) is 1. The minimum absolute atomic E-state index is 0.165. The Hall–Kier alpha value is -3.09. The first-order valence-corrected chi connectivity index (χ1v) is 6.79. The van der Waals surface area contributed by atoms with E-state index in [1.54, 1.807) is 41.2 Å². The van der Waals surface area contributed by atoms with Crippen LogP contribution < -0.4 is 14.8 Å². The molecule has 7 heteroatoms. The highest BCUT2D eigenvalue weighted by atomic mass is 16.6. The molecule has 0 spiro atoms. The van der Waals surface area contributed by atoms with Gasteiger partial charge < -0.3 is 14.8 Å². The first-order valence-electron chi connectivity index (χ1n) is 6.79. The van der Waals surface area contributed by atoms with Crippen molar-refractivity contribution in [1.82, 2.24) is 14.6 Å². The number of pyridine rings is 1. The van der Waals surface area contributed by atoms with Crippen molar-refractivity contribution in [3.05, 3.63) is 48.9 Å². The van der Waals surface area contributed by atoms with Crippen molar-refractivity contribution in [3.63, 3.8) is 0 Å². The maximum atomic E-state index is 12.4. The Bertz CT molecular complexity index is 845. The van der Waals surface area contributed by atoms with Gasteiger partial charge in [-0.05, 0) is 24.3 Å². The molecule has 1 aliphatic heterocycles. The lowest BCUT2D eigenvalue weighted by molar-refractivity contribution is -0.125. The standard InChI is InChI=1S/C15H12N4O3/c20-15(13-8-21-11-5-1-2-6-12(11)22-13)17-10-4-3-7-19-9-16-18-14(10)19/h1-7,9,13H,8H2,(H,17,20). The van der Waals surface area contributed by atoms with Crippen LogP contribution in [0.4, 0.5) is 5.69 Å². The zero-order valence-corrected chi connectivity index (χ0v) is 11.5. The topological polar surface area (TPSA) is 77.8 Å². The molecule has 0 saturated heterocycles. The monoisotopic (exact) mass is 296 g/mol. The van der Waals surface area contributed by atoms with Crippen LogP contribution in [0.2, 0.25) is 0 Å². The highest BCUT2D eigenvalue weighted by Gasteiger charge is 2.27. The minimum Gasteiger partial charge on any atom is -0.485 e.